The van der Waals surface area contributed by atoms with Gasteiger partial charge in [-0.15, -0.1) is 0 Å². The van der Waals surface area contributed by atoms with Crippen molar-refractivity contribution in [2.45, 2.75) is 25.8 Å². The van der Waals surface area contributed by atoms with Gasteiger partial charge in [0.05, 0.1) is 6.04 Å². The Labute approximate surface area is 140 Å². The molecule has 2 aromatic carbocycles. The van der Waals surface area contributed by atoms with E-state index in [0.717, 1.165) is 23.2 Å². The van der Waals surface area contributed by atoms with E-state index in [9.17, 15) is 9.90 Å². The number of phenols is 1. The number of phenolic OH excluding ortho intramolecular Hbond substituents is 1. The number of carbonyl (C=O) groups is 1. The molecule has 5 heteroatoms. The number of carbonyl (C=O) groups excluding carboxylic acids is 1. The minimum atomic E-state index is -0.665. The molecule has 1 atom stereocenters. The molecule has 1 aliphatic rings. The molecule has 3 N–H and O–H groups in total. The van der Waals surface area contributed by atoms with Gasteiger partial charge < -0.3 is 15.7 Å². The fourth-order valence-corrected chi connectivity index (χ4v) is 3.43. The number of fused-ring (bicyclic) bond motifs is 1. The maximum absolute atomic E-state index is 12.7. The van der Waals surface area contributed by atoms with Gasteiger partial charge in [0, 0.05) is 17.3 Å². The lowest BCUT2D eigenvalue weighted by atomic mass is 10.00. The molecule has 3 rings (SSSR count). The number of rotatable bonds is 3. The third-order valence-corrected chi connectivity index (χ3v) is 4.63. The number of hydrogen-bond acceptors (Lipinski definition) is 3. The van der Waals surface area contributed by atoms with E-state index in [2.05, 4.69) is 0 Å². The van der Waals surface area contributed by atoms with Gasteiger partial charge in [-0.25, -0.2) is 0 Å². The highest BCUT2D eigenvalue weighted by Crippen LogP contribution is 2.30. The van der Waals surface area contributed by atoms with Crippen molar-refractivity contribution in [1.29, 1.82) is 0 Å². The summed E-state index contributed by atoms with van der Waals surface area (Å²) in [6.07, 6.45) is 1.20. The summed E-state index contributed by atoms with van der Waals surface area (Å²) in [5.74, 6) is 0.0168. The van der Waals surface area contributed by atoms with Crippen molar-refractivity contribution in [3.63, 3.8) is 0 Å². The van der Waals surface area contributed by atoms with Gasteiger partial charge in [-0.2, -0.15) is 0 Å². The number of halogens is 1. The van der Waals surface area contributed by atoms with E-state index < -0.39 is 6.04 Å². The molecule has 120 valence electrons. The molecule has 0 bridgehead atoms. The van der Waals surface area contributed by atoms with E-state index in [1.54, 1.807) is 11.0 Å². The van der Waals surface area contributed by atoms with Crippen molar-refractivity contribution in [3.05, 3.63) is 58.1 Å². The number of aryl methyl sites for hydroxylation is 1. The average Bonchev–Trinajstić information content (AvgIpc) is 2.93. The standard InChI is InChI=1S/C18H19ClN2O2/c1-11-8-13(22)9-15(19)14(11)10-16(20)18(23)21-7-6-12-4-2-3-5-17(12)21/h2-5,8-9,16,22H,6-7,10,20H2,1H3/t16-/m1/s1. The lowest BCUT2D eigenvalue weighted by Gasteiger charge is -2.22. The highest BCUT2D eigenvalue weighted by molar-refractivity contribution is 6.31. The maximum Gasteiger partial charge on any atom is 0.244 e. The smallest absolute Gasteiger partial charge is 0.244 e. The Bertz CT molecular complexity index is 737. The van der Waals surface area contributed by atoms with E-state index in [0.29, 0.717) is 18.0 Å². The predicted molar refractivity (Wildman–Crippen MR) is 92.0 cm³/mol. The molecule has 2 aromatic rings. The first-order valence-corrected chi connectivity index (χ1v) is 7.98. The molecule has 4 nitrogen and oxygen atoms in total. The number of para-hydroxylation sites is 1. The summed E-state index contributed by atoms with van der Waals surface area (Å²) >= 11 is 6.18. The first-order chi connectivity index (χ1) is 11.0. The van der Waals surface area contributed by atoms with Gasteiger partial charge >= 0.3 is 0 Å². The highest BCUT2D eigenvalue weighted by Gasteiger charge is 2.28. The molecule has 23 heavy (non-hydrogen) atoms. The summed E-state index contributed by atoms with van der Waals surface area (Å²) < 4.78 is 0. The third kappa shape index (κ3) is 3.05. The van der Waals surface area contributed by atoms with Crippen molar-refractivity contribution in [2.75, 3.05) is 11.4 Å². The summed E-state index contributed by atoms with van der Waals surface area (Å²) in [6.45, 7) is 2.51. The molecule has 0 aromatic heterocycles. The van der Waals surface area contributed by atoms with E-state index in [4.69, 9.17) is 17.3 Å². The second kappa shape index (κ2) is 6.22. The zero-order chi connectivity index (χ0) is 16.6. The summed E-state index contributed by atoms with van der Waals surface area (Å²) in [7, 11) is 0. The lowest BCUT2D eigenvalue weighted by molar-refractivity contribution is -0.119. The number of benzene rings is 2. The average molecular weight is 331 g/mol. The summed E-state index contributed by atoms with van der Waals surface area (Å²) in [6, 6.07) is 10.3. The Morgan fingerprint density at radius 1 is 1.39 bits per heavy atom. The SMILES string of the molecule is Cc1cc(O)cc(Cl)c1C[C@@H](N)C(=O)N1CCc2ccccc21. The quantitative estimate of drug-likeness (QED) is 0.909. The number of nitrogens with zero attached hydrogens (tertiary/aromatic N) is 1. The van der Waals surface area contributed by atoms with Gasteiger partial charge in [0.2, 0.25) is 5.91 Å². The molecule has 0 saturated carbocycles. The van der Waals surface area contributed by atoms with Gasteiger partial charge in [-0.1, -0.05) is 29.8 Å². The summed E-state index contributed by atoms with van der Waals surface area (Å²) in [5.41, 5.74) is 9.91. The van der Waals surface area contributed by atoms with Gasteiger partial charge in [-0.3, -0.25) is 4.79 Å². The third-order valence-electron chi connectivity index (χ3n) is 4.30. The zero-order valence-electron chi connectivity index (χ0n) is 12.9. The molecule has 0 radical (unpaired) electrons. The van der Waals surface area contributed by atoms with Gasteiger partial charge in [-0.05, 0) is 54.7 Å². The summed E-state index contributed by atoms with van der Waals surface area (Å²) in [5, 5.41) is 9.99. The van der Waals surface area contributed by atoms with Crippen molar-refractivity contribution >= 4 is 23.2 Å². The second-order valence-corrected chi connectivity index (χ2v) is 6.31. The number of nitrogens with two attached hydrogens (primary N) is 1. The van der Waals surface area contributed by atoms with Crippen molar-refractivity contribution < 1.29 is 9.90 Å². The fraction of sp³-hybridized carbons (Fsp3) is 0.278. The minimum Gasteiger partial charge on any atom is -0.508 e. The Morgan fingerprint density at radius 2 is 2.13 bits per heavy atom. The second-order valence-electron chi connectivity index (χ2n) is 5.90. The molecule has 0 spiro atoms. The number of amides is 1. The van der Waals surface area contributed by atoms with Crippen LogP contribution in [0.5, 0.6) is 5.75 Å². The van der Waals surface area contributed by atoms with E-state index in [-0.39, 0.29) is 11.7 Å². The first-order valence-electron chi connectivity index (χ1n) is 7.60. The molecular formula is C18H19ClN2O2. The largest absolute Gasteiger partial charge is 0.508 e. The maximum atomic E-state index is 12.7. The molecule has 1 heterocycles. The highest BCUT2D eigenvalue weighted by atomic mass is 35.5. The van der Waals surface area contributed by atoms with Crippen molar-refractivity contribution in [3.8, 4) is 5.75 Å². The summed E-state index contributed by atoms with van der Waals surface area (Å²) in [4.78, 5) is 14.5. The normalized spacial score (nSPS) is 14.7. The van der Waals surface area contributed by atoms with E-state index in [1.807, 2.05) is 31.2 Å². The molecule has 0 aliphatic carbocycles. The van der Waals surface area contributed by atoms with Crippen LogP contribution in [0.25, 0.3) is 0 Å². The van der Waals surface area contributed by atoms with Gasteiger partial charge in [0.25, 0.3) is 0 Å². The first kappa shape index (κ1) is 15.8. The fourth-order valence-electron chi connectivity index (χ4n) is 3.09. The Kier molecular flexibility index (Phi) is 4.28. The predicted octanol–water partition coefficient (Wildman–Crippen LogP) is 2.81. The molecule has 0 saturated heterocycles. The van der Waals surface area contributed by atoms with Gasteiger partial charge in [0.15, 0.2) is 0 Å². The van der Waals surface area contributed by atoms with Gasteiger partial charge in [0.1, 0.15) is 5.75 Å². The molecule has 1 amide bonds. The van der Waals surface area contributed by atoms with Crippen LogP contribution in [0.4, 0.5) is 5.69 Å². The van der Waals surface area contributed by atoms with E-state index >= 15 is 0 Å². The molecule has 0 fully saturated rings. The zero-order valence-corrected chi connectivity index (χ0v) is 13.7. The lowest BCUT2D eigenvalue weighted by Crippen LogP contribution is -2.44. The van der Waals surface area contributed by atoms with Crippen LogP contribution in [0.1, 0.15) is 16.7 Å². The van der Waals surface area contributed by atoms with Crippen LogP contribution in [0.2, 0.25) is 5.02 Å². The topological polar surface area (TPSA) is 66.6 Å². The van der Waals surface area contributed by atoms with Crippen LogP contribution >= 0.6 is 11.6 Å². The van der Waals surface area contributed by atoms with Crippen LogP contribution in [-0.2, 0) is 17.6 Å². The number of hydrogen-bond donors (Lipinski definition) is 2. The van der Waals surface area contributed by atoms with E-state index in [1.165, 1.54) is 11.6 Å². The monoisotopic (exact) mass is 330 g/mol. The Hall–Kier alpha value is -2.04. The van der Waals surface area contributed by atoms with Crippen LogP contribution < -0.4 is 10.6 Å². The minimum absolute atomic E-state index is 0.0986. The van der Waals surface area contributed by atoms with Crippen LogP contribution in [0.15, 0.2) is 36.4 Å². The number of aromatic hydroxyl groups is 1. The molecule has 0 unspecified atom stereocenters. The van der Waals surface area contributed by atoms with Crippen LogP contribution in [0, 0.1) is 6.92 Å². The van der Waals surface area contributed by atoms with Crippen LogP contribution in [-0.4, -0.2) is 23.6 Å². The molecular weight excluding hydrogens is 312 g/mol. The Balaban J connectivity index is 1.80. The van der Waals surface area contributed by atoms with Crippen molar-refractivity contribution in [2.24, 2.45) is 5.73 Å². The molecule has 1 aliphatic heterocycles. The Morgan fingerprint density at radius 3 is 2.87 bits per heavy atom. The van der Waals surface area contributed by atoms with Crippen molar-refractivity contribution in [1.82, 2.24) is 0 Å². The number of anilines is 1. The van der Waals surface area contributed by atoms with Crippen LogP contribution in [0.3, 0.4) is 0 Å².